The first-order valence-corrected chi connectivity index (χ1v) is 18.2. The lowest BCUT2D eigenvalue weighted by molar-refractivity contribution is 0.240. The summed E-state index contributed by atoms with van der Waals surface area (Å²) in [5.41, 5.74) is 3.23. The van der Waals surface area contributed by atoms with Gasteiger partial charge in [0.2, 0.25) is 16.0 Å². The molecule has 2 fully saturated rings. The molecule has 1 saturated carbocycles. The van der Waals surface area contributed by atoms with Crippen molar-refractivity contribution in [3.8, 4) is 17.2 Å². The molecule has 2 N–H and O–H groups in total. The molecule has 0 spiro atoms. The minimum absolute atomic E-state index is 0.0609. The zero-order valence-corrected chi connectivity index (χ0v) is 28.6. The summed E-state index contributed by atoms with van der Waals surface area (Å²) in [5.74, 6) is 1.57. The third-order valence-electron chi connectivity index (χ3n) is 9.12. The molecule has 1 aromatic carbocycles. The molecule has 6 rings (SSSR count). The summed E-state index contributed by atoms with van der Waals surface area (Å²) in [4.78, 5) is 31.3. The maximum Gasteiger partial charge on any atom is 0.323 e. The molecule has 4 heterocycles. The molecule has 2 aliphatic rings. The summed E-state index contributed by atoms with van der Waals surface area (Å²) in [6.45, 7) is 3.61. The number of carbonyl (C=O) groups excluding carboxylic acids is 1. The largest absolute Gasteiger partial charge is 0.353 e. The van der Waals surface area contributed by atoms with Gasteiger partial charge in [0.15, 0.2) is 5.82 Å². The molecule has 2 amide bonds. The van der Waals surface area contributed by atoms with Crippen molar-refractivity contribution in [2.75, 3.05) is 47.0 Å². The van der Waals surface area contributed by atoms with E-state index in [-0.39, 0.29) is 23.9 Å². The van der Waals surface area contributed by atoms with E-state index in [0.717, 1.165) is 42.4 Å². The maximum atomic E-state index is 13.7. The average molecular weight is 684 g/mol. The Morgan fingerprint density at radius 1 is 0.980 bits per heavy atom. The lowest BCUT2D eigenvalue weighted by Crippen LogP contribution is -2.49. The van der Waals surface area contributed by atoms with E-state index in [2.05, 4.69) is 26.8 Å². The number of nitrogens with one attached hydrogen (secondary N) is 2. The number of piperazine rings is 1. The Morgan fingerprint density at radius 2 is 1.73 bits per heavy atom. The van der Waals surface area contributed by atoms with Gasteiger partial charge in [-0.1, -0.05) is 30.3 Å². The lowest BCUT2D eigenvalue weighted by atomic mass is 9.90. The number of hydrogen-bond donors (Lipinski definition) is 2. The number of nitrogens with zero attached hydrogens (tertiary/aromatic N) is 9. The number of hydrogen-bond acceptors (Lipinski definition) is 10. The van der Waals surface area contributed by atoms with Gasteiger partial charge >= 0.3 is 6.03 Å². The predicted molar refractivity (Wildman–Crippen MR) is 187 cm³/mol. The topological polar surface area (TPSA) is 165 Å². The summed E-state index contributed by atoms with van der Waals surface area (Å²) in [6, 6.07) is 15.6. The summed E-state index contributed by atoms with van der Waals surface area (Å²) in [6.07, 6.45) is 10.0. The molecule has 15 heteroatoms. The van der Waals surface area contributed by atoms with Crippen LogP contribution in [0.25, 0.3) is 11.1 Å². The SMILES string of the molecule is CCS(=O)(=O)N1CCN(c2nc(NC3CCC(N(C(=O)NCc4ccccc4)c4ccc(-c5cnn(C)c5)cn4)CC3)ncc2C#N)CC1. The maximum absolute atomic E-state index is 13.7. The van der Waals surface area contributed by atoms with Crippen LogP contribution < -0.4 is 20.4 Å². The second kappa shape index (κ2) is 15.0. The number of anilines is 3. The third-order valence-corrected chi connectivity index (χ3v) is 11.0. The highest BCUT2D eigenvalue weighted by atomic mass is 32.2. The molecule has 14 nitrogen and oxygen atoms in total. The minimum atomic E-state index is -3.27. The number of rotatable bonds is 10. The van der Waals surface area contributed by atoms with Crippen molar-refractivity contribution in [1.29, 1.82) is 5.26 Å². The molecule has 3 aromatic heterocycles. The molecule has 256 valence electrons. The first kappa shape index (κ1) is 33.8. The van der Waals surface area contributed by atoms with Gasteiger partial charge in [0.05, 0.1) is 18.1 Å². The molecule has 1 saturated heterocycles. The predicted octanol–water partition coefficient (Wildman–Crippen LogP) is 3.75. The Bertz CT molecular complexity index is 1880. The van der Waals surface area contributed by atoms with E-state index in [9.17, 15) is 18.5 Å². The highest BCUT2D eigenvalue weighted by Crippen LogP contribution is 2.30. The number of nitriles is 1. The second-order valence-electron chi connectivity index (χ2n) is 12.3. The number of carbonyl (C=O) groups is 1. The fourth-order valence-corrected chi connectivity index (χ4v) is 7.45. The number of amides is 2. The smallest absolute Gasteiger partial charge is 0.323 e. The van der Waals surface area contributed by atoms with E-state index in [1.165, 1.54) is 10.5 Å². The number of aryl methyl sites for hydroxylation is 1. The first-order chi connectivity index (χ1) is 23.7. The minimum Gasteiger partial charge on any atom is -0.353 e. The molecule has 1 aliphatic heterocycles. The number of aromatic nitrogens is 5. The monoisotopic (exact) mass is 683 g/mol. The van der Waals surface area contributed by atoms with Gasteiger partial charge in [0.1, 0.15) is 17.5 Å². The van der Waals surface area contributed by atoms with Gasteiger partial charge < -0.3 is 15.5 Å². The zero-order valence-electron chi connectivity index (χ0n) is 27.7. The van der Waals surface area contributed by atoms with Crippen LogP contribution in [0.5, 0.6) is 0 Å². The molecular weight excluding hydrogens is 643 g/mol. The molecule has 0 atom stereocenters. The van der Waals surface area contributed by atoms with Crippen molar-refractivity contribution in [1.82, 2.24) is 34.4 Å². The number of urea groups is 1. The quantitative estimate of drug-likeness (QED) is 0.252. The van der Waals surface area contributed by atoms with Crippen molar-refractivity contribution in [2.45, 2.75) is 51.2 Å². The molecular formula is C34H41N11O3S. The molecule has 1 aliphatic carbocycles. The van der Waals surface area contributed by atoms with Crippen molar-refractivity contribution in [3.63, 3.8) is 0 Å². The normalized spacial score (nSPS) is 18.4. The van der Waals surface area contributed by atoms with Crippen molar-refractivity contribution >= 4 is 33.6 Å². The van der Waals surface area contributed by atoms with Gasteiger partial charge in [-0.05, 0) is 50.3 Å². The van der Waals surface area contributed by atoms with Crippen LogP contribution in [0.2, 0.25) is 0 Å². The Kier molecular flexibility index (Phi) is 10.4. The summed E-state index contributed by atoms with van der Waals surface area (Å²) < 4.78 is 27.9. The van der Waals surface area contributed by atoms with Gasteiger partial charge in [-0.2, -0.15) is 19.6 Å². The third kappa shape index (κ3) is 7.98. The fraction of sp³-hybridized carbons (Fsp3) is 0.412. The fourth-order valence-electron chi connectivity index (χ4n) is 6.37. The first-order valence-electron chi connectivity index (χ1n) is 16.6. The van der Waals surface area contributed by atoms with Crippen LogP contribution in [0.1, 0.15) is 43.7 Å². The van der Waals surface area contributed by atoms with Crippen LogP contribution in [-0.2, 0) is 23.6 Å². The van der Waals surface area contributed by atoms with Crippen LogP contribution in [0.15, 0.2) is 67.3 Å². The Morgan fingerprint density at radius 3 is 2.37 bits per heavy atom. The number of pyridine rings is 1. The van der Waals surface area contributed by atoms with Crippen LogP contribution in [0.4, 0.5) is 22.4 Å². The molecule has 49 heavy (non-hydrogen) atoms. The van der Waals surface area contributed by atoms with Crippen molar-refractivity contribution in [3.05, 3.63) is 78.4 Å². The summed E-state index contributed by atoms with van der Waals surface area (Å²) >= 11 is 0. The van der Waals surface area contributed by atoms with Gasteiger partial charge in [-0.15, -0.1) is 0 Å². The van der Waals surface area contributed by atoms with E-state index in [1.54, 1.807) is 28.9 Å². The van der Waals surface area contributed by atoms with Gasteiger partial charge in [-0.25, -0.2) is 23.2 Å². The summed E-state index contributed by atoms with van der Waals surface area (Å²) in [5, 5.41) is 20.5. The van der Waals surface area contributed by atoms with E-state index in [0.29, 0.717) is 55.9 Å². The van der Waals surface area contributed by atoms with E-state index in [4.69, 9.17) is 9.97 Å². The van der Waals surface area contributed by atoms with Crippen LogP contribution >= 0.6 is 0 Å². The standard InChI is InChI=1S/C34H41N11O3S/c1-3-49(47,48)44-17-15-43(16-18-44)32-27(19-35)22-37-33(41-32)40-29-10-12-30(13-11-29)45(34(46)38-20-25-7-5-4-6-8-25)31-14-9-26(21-36-31)28-23-39-42(2)24-28/h4-9,14,21-24,29-30H,3,10-13,15-18,20H2,1-2H3,(H,38,46)(H,37,40,41). The van der Waals surface area contributed by atoms with Crippen LogP contribution in [0, 0.1) is 11.3 Å². The van der Waals surface area contributed by atoms with E-state index in [1.807, 2.05) is 60.6 Å². The molecule has 4 aromatic rings. The Balaban J connectivity index is 1.13. The van der Waals surface area contributed by atoms with E-state index >= 15 is 0 Å². The molecule has 0 bridgehead atoms. The van der Waals surface area contributed by atoms with Crippen molar-refractivity contribution in [2.24, 2.45) is 7.05 Å². The van der Waals surface area contributed by atoms with Gasteiger partial charge in [0, 0.05) is 75.4 Å². The Labute approximate surface area is 286 Å². The zero-order chi connectivity index (χ0) is 34.4. The lowest BCUT2D eigenvalue weighted by Gasteiger charge is -2.37. The second-order valence-corrected chi connectivity index (χ2v) is 14.6. The van der Waals surface area contributed by atoms with Gasteiger partial charge in [0.25, 0.3) is 0 Å². The Hall–Kier alpha value is -5.07. The van der Waals surface area contributed by atoms with E-state index < -0.39 is 10.0 Å². The number of sulfonamides is 1. The van der Waals surface area contributed by atoms with Crippen LogP contribution in [-0.4, -0.2) is 87.5 Å². The molecule has 0 radical (unpaired) electrons. The van der Waals surface area contributed by atoms with Crippen molar-refractivity contribution < 1.29 is 13.2 Å². The van der Waals surface area contributed by atoms with Gasteiger partial charge in [-0.3, -0.25) is 9.58 Å². The molecule has 0 unspecified atom stereocenters. The average Bonchev–Trinajstić information content (AvgIpc) is 3.58. The summed E-state index contributed by atoms with van der Waals surface area (Å²) in [7, 11) is -1.40. The van der Waals surface area contributed by atoms with Crippen LogP contribution in [0.3, 0.4) is 0 Å². The number of benzene rings is 1. The highest BCUT2D eigenvalue weighted by molar-refractivity contribution is 7.89. The highest BCUT2D eigenvalue weighted by Gasteiger charge is 2.32.